The quantitative estimate of drug-likeness (QED) is 0.342. The maximum absolute atomic E-state index is 13.0. The zero-order valence-electron chi connectivity index (χ0n) is 21.5. The van der Waals surface area contributed by atoms with E-state index >= 15 is 0 Å². The summed E-state index contributed by atoms with van der Waals surface area (Å²) < 4.78 is 5.53. The van der Waals surface area contributed by atoms with Gasteiger partial charge >= 0.3 is 6.03 Å². The van der Waals surface area contributed by atoms with E-state index in [2.05, 4.69) is 15.3 Å². The van der Waals surface area contributed by atoms with Crippen LogP contribution in [0.2, 0.25) is 0 Å². The zero-order chi connectivity index (χ0) is 26.7. The number of urea groups is 1. The Kier molecular flexibility index (Phi) is 7.39. The van der Waals surface area contributed by atoms with E-state index in [1.165, 1.54) is 18.1 Å². The number of hydrogen-bond acceptors (Lipinski definition) is 9. The molecule has 2 heterocycles. The van der Waals surface area contributed by atoms with Crippen LogP contribution in [-0.4, -0.2) is 74.2 Å². The van der Waals surface area contributed by atoms with Gasteiger partial charge in [-0.1, -0.05) is 18.2 Å². The van der Waals surface area contributed by atoms with E-state index in [0.29, 0.717) is 36.0 Å². The molecule has 1 aliphatic heterocycles. The summed E-state index contributed by atoms with van der Waals surface area (Å²) in [5, 5.41) is 14.9. The minimum absolute atomic E-state index is 0.0756. The van der Waals surface area contributed by atoms with Crippen molar-refractivity contribution < 1.29 is 14.5 Å². The molecule has 194 valence electrons. The number of methoxy groups -OCH3 is 1. The number of carbonyl (C=O) groups excluding carboxylic acids is 1. The Morgan fingerprint density at radius 2 is 1.89 bits per heavy atom. The predicted octanol–water partition coefficient (Wildman–Crippen LogP) is 3.71. The number of aromatic nitrogens is 2. The van der Waals surface area contributed by atoms with Crippen LogP contribution in [0.15, 0.2) is 48.7 Å². The first-order valence-corrected chi connectivity index (χ1v) is 11.6. The first-order valence-electron chi connectivity index (χ1n) is 11.6. The topological polar surface area (TPSA) is 120 Å². The predicted molar refractivity (Wildman–Crippen MR) is 143 cm³/mol. The van der Waals surface area contributed by atoms with Gasteiger partial charge in [-0.2, -0.15) is 4.98 Å². The van der Waals surface area contributed by atoms with Crippen LogP contribution in [0.3, 0.4) is 0 Å². The third-order valence-corrected chi connectivity index (χ3v) is 6.11. The van der Waals surface area contributed by atoms with Gasteiger partial charge < -0.3 is 19.9 Å². The number of amides is 2. The highest BCUT2D eigenvalue weighted by Gasteiger charge is 2.31. The van der Waals surface area contributed by atoms with Crippen LogP contribution >= 0.6 is 0 Å². The molecular formula is C25H30N8O4. The number of fused-ring (bicyclic) bond motifs is 1. The van der Waals surface area contributed by atoms with Crippen molar-refractivity contribution in [2.45, 2.75) is 6.54 Å². The van der Waals surface area contributed by atoms with Crippen LogP contribution in [0, 0.1) is 10.1 Å². The molecule has 12 heteroatoms. The van der Waals surface area contributed by atoms with E-state index in [1.807, 2.05) is 54.2 Å². The molecule has 0 fully saturated rings. The van der Waals surface area contributed by atoms with Gasteiger partial charge in [0.15, 0.2) is 0 Å². The lowest BCUT2D eigenvalue weighted by molar-refractivity contribution is -0.384. The number of rotatable bonds is 9. The fraction of sp³-hybridized carbons (Fsp3) is 0.320. The SMILES string of the molecule is COc1cc(N(C)CCN(C)C)c([N+](=O)[O-])cc1Nc1ncc2c(n1)N(C)C(=O)N(c1ccccc1)C2. The minimum atomic E-state index is -0.426. The Morgan fingerprint density at radius 3 is 2.54 bits per heavy atom. The first kappa shape index (κ1) is 25.6. The molecule has 37 heavy (non-hydrogen) atoms. The Hall–Kier alpha value is -4.45. The van der Waals surface area contributed by atoms with Gasteiger partial charge in [-0.3, -0.25) is 19.9 Å². The second-order valence-corrected chi connectivity index (χ2v) is 8.95. The number of nitro groups is 1. The molecule has 2 aromatic carbocycles. The summed E-state index contributed by atoms with van der Waals surface area (Å²) in [6.07, 6.45) is 1.65. The molecule has 0 atom stereocenters. The van der Waals surface area contributed by atoms with Crippen molar-refractivity contribution in [1.29, 1.82) is 0 Å². The monoisotopic (exact) mass is 506 g/mol. The molecular weight excluding hydrogens is 476 g/mol. The highest BCUT2D eigenvalue weighted by Crippen LogP contribution is 2.39. The molecule has 1 N–H and O–H groups in total. The number of para-hydroxylation sites is 1. The lowest BCUT2D eigenvalue weighted by Gasteiger charge is -2.34. The summed E-state index contributed by atoms with van der Waals surface area (Å²) in [7, 11) is 8.83. The number of likely N-dealkylation sites (N-methyl/N-ethyl adjacent to an activating group) is 2. The van der Waals surface area contributed by atoms with E-state index in [0.717, 1.165) is 17.8 Å². The number of nitrogens with zero attached hydrogens (tertiary/aromatic N) is 7. The molecule has 0 spiro atoms. The van der Waals surface area contributed by atoms with Crippen LogP contribution < -0.4 is 24.8 Å². The van der Waals surface area contributed by atoms with Crippen molar-refractivity contribution in [3.63, 3.8) is 0 Å². The molecule has 4 rings (SSSR count). The summed E-state index contributed by atoms with van der Waals surface area (Å²) in [4.78, 5) is 40.4. The number of nitrogens with one attached hydrogen (secondary N) is 1. The second-order valence-electron chi connectivity index (χ2n) is 8.95. The van der Waals surface area contributed by atoms with Gasteiger partial charge in [0.2, 0.25) is 5.95 Å². The molecule has 1 aromatic heterocycles. The zero-order valence-corrected chi connectivity index (χ0v) is 21.5. The summed E-state index contributed by atoms with van der Waals surface area (Å²) in [5.74, 6) is 1.05. The number of nitro benzene ring substituents is 1. The normalized spacial score (nSPS) is 13.0. The van der Waals surface area contributed by atoms with Gasteiger partial charge in [0.05, 0.1) is 24.3 Å². The van der Waals surface area contributed by atoms with Crippen molar-refractivity contribution in [3.05, 3.63) is 64.3 Å². The lowest BCUT2D eigenvalue weighted by Crippen LogP contribution is -2.45. The van der Waals surface area contributed by atoms with E-state index in [1.54, 1.807) is 31.3 Å². The molecule has 12 nitrogen and oxygen atoms in total. The fourth-order valence-electron chi connectivity index (χ4n) is 4.05. The molecule has 0 saturated carbocycles. The van der Waals surface area contributed by atoms with Crippen molar-refractivity contribution in [1.82, 2.24) is 14.9 Å². The van der Waals surface area contributed by atoms with E-state index in [-0.39, 0.29) is 17.7 Å². The van der Waals surface area contributed by atoms with E-state index < -0.39 is 4.92 Å². The summed E-state index contributed by atoms with van der Waals surface area (Å²) >= 11 is 0. The third-order valence-electron chi connectivity index (χ3n) is 6.11. The second kappa shape index (κ2) is 10.7. The van der Waals surface area contributed by atoms with Crippen LogP contribution in [0.5, 0.6) is 5.75 Å². The number of hydrogen-bond donors (Lipinski definition) is 1. The van der Waals surface area contributed by atoms with Crippen LogP contribution in [-0.2, 0) is 6.54 Å². The number of anilines is 5. The molecule has 0 radical (unpaired) electrons. The Labute approximate surface area is 215 Å². The van der Waals surface area contributed by atoms with Gasteiger partial charge in [-0.25, -0.2) is 9.78 Å². The van der Waals surface area contributed by atoms with Gasteiger partial charge in [0.1, 0.15) is 17.3 Å². The maximum atomic E-state index is 13.0. The van der Waals surface area contributed by atoms with Crippen molar-refractivity contribution in [2.24, 2.45) is 0 Å². The van der Waals surface area contributed by atoms with Gasteiger partial charge in [-0.15, -0.1) is 0 Å². The molecule has 0 unspecified atom stereocenters. The highest BCUT2D eigenvalue weighted by molar-refractivity contribution is 6.05. The average molecular weight is 507 g/mol. The van der Waals surface area contributed by atoms with Crippen molar-refractivity contribution in [2.75, 3.05) is 68.4 Å². The largest absolute Gasteiger partial charge is 0.494 e. The summed E-state index contributed by atoms with van der Waals surface area (Å²) in [6.45, 7) is 1.65. The van der Waals surface area contributed by atoms with Crippen LogP contribution in [0.25, 0.3) is 0 Å². The first-order chi connectivity index (χ1) is 17.7. The maximum Gasteiger partial charge on any atom is 0.330 e. The number of carbonyl (C=O) groups is 1. The Morgan fingerprint density at radius 1 is 1.16 bits per heavy atom. The number of ether oxygens (including phenoxy) is 1. The number of benzene rings is 2. The minimum Gasteiger partial charge on any atom is -0.494 e. The molecule has 0 bridgehead atoms. The smallest absolute Gasteiger partial charge is 0.330 e. The molecule has 1 aliphatic rings. The highest BCUT2D eigenvalue weighted by atomic mass is 16.6. The molecule has 3 aromatic rings. The Balaban J connectivity index is 1.64. The molecule has 0 saturated heterocycles. The van der Waals surface area contributed by atoms with Crippen LogP contribution in [0.1, 0.15) is 5.56 Å². The van der Waals surface area contributed by atoms with E-state index in [4.69, 9.17) is 4.74 Å². The summed E-state index contributed by atoms with van der Waals surface area (Å²) in [5.41, 5.74) is 2.25. The third kappa shape index (κ3) is 5.38. The Bertz CT molecular complexity index is 1300. The van der Waals surface area contributed by atoms with Gasteiger partial charge in [0.25, 0.3) is 5.69 Å². The summed E-state index contributed by atoms with van der Waals surface area (Å²) in [6, 6.07) is 12.2. The van der Waals surface area contributed by atoms with E-state index in [9.17, 15) is 14.9 Å². The van der Waals surface area contributed by atoms with Crippen molar-refractivity contribution in [3.8, 4) is 5.75 Å². The van der Waals surface area contributed by atoms with Gasteiger partial charge in [0, 0.05) is 56.8 Å². The van der Waals surface area contributed by atoms with Gasteiger partial charge in [-0.05, 0) is 26.2 Å². The standard InChI is InChI=1S/C25H30N8O4/c1-29(2)11-12-30(3)20-14-22(37-5)19(13-21(20)33(35)36)27-24-26-15-17-16-32(18-9-7-6-8-10-18)25(34)31(4)23(17)28-24/h6-10,13-15H,11-12,16H2,1-5H3,(H,26,27,28). The molecule has 0 aliphatic carbocycles. The fourth-order valence-corrected chi connectivity index (χ4v) is 4.05. The average Bonchev–Trinajstić information content (AvgIpc) is 2.89. The van der Waals surface area contributed by atoms with Crippen LogP contribution in [0.4, 0.5) is 39.3 Å². The molecule has 2 amide bonds. The lowest BCUT2D eigenvalue weighted by atomic mass is 10.2. The van der Waals surface area contributed by atoms with Crippen molar-refractivity contribution >= 4 is 40.5 Å².